The first kappa shape index (κ1) is 8.70. The van der Waals surface area contributed by atoms with Crippen LogP contribution in [0.1, 0.15) is 6.42 Å². The second-order valence-corrected chi connectivity index (χ2v) is 2.16. The van der Waals surface area contributed by atoms with Crippen LogP contribution in [0.25, 0.3) is 0 Å². The number of hydrogen-bond acceptors (Lipinski definition) is 4. The van der Waals surface area contributed by atoms with Crippen molar-refractivity contribution in [1.29, 1.82) is 0 Å². The van der Waals surface area contributed by atoms with Crippen LogP contribution in [0, 0.1) is 0 Å². The molecule has 0 amide bonds. The van der Waals surface area contributed by atoms with E-state index in [-0.39, 0.29) is 12.6 Å². The molecule has 0 saturated heterocycles. The maximum atomic E-state index is 11.6. The summed E-state index contributed by atoms with van der Waals surface area (Å²) < 4.78 is 16.6. The van der Waals surface area contributed by atoms with Crippen LogP contribution in [0.15, 0.2) is 12.3 Å². The van der Waals surface area contributed by atoms with Gasteiger partial charge in [-0.15, -0.1) is 0 Å². The summed E-state index contributed by atoms with van der Waals surface area (Å²) in [5.74, 6) is 0.347. The largest absolute Gasteiger partial charge is 0.463 e. The lowest BCUT2D eigenvalue weighted by atomic mass is 10.5. The van der Waals surface area contributed by atoms with Crippen LogP contribution in [-0.4, -0.2) is 23.2 Å². The fourth-order valence-corrected chi connectivity index (χ4v) is 0.642. The highest BCUT2D eigenvalue weighted by atomic mass is 19.1. The number of nitrogens with zero attached hydrogens (tertiary/aromatic N) is 2. The van der Waals surface area contributed by atoms with Gasteiger partial charge in [0.05, 0.1) is 13.3 Å². The molecule has 5 heteroatoms. The van der Waals surface area contributed by atoms with Gasteiger partial charge in [0.2, 0.25) is 0 Å². The molecule has 0 bridgehead atoms. The van der Waals surface area contributed by atoms with Crippen LogP contribution in [0.5, 0.6) is 6.01 Å². The van der Waals surface area contributed by atoms with Crippen molar-refractivity contribution in [2.24, 2.45) is 0 Å². The zero-order chi connectivity index (χ0) is 8.81. The van der Waals surface area contributed by atoms with Crippen molar-refractivity contribution in [3.8, 4) is 6.01 Å². The van der Waals surface area contributed by atoms with Gasteiger partial charge in [-0.2, -0.15) is 4.98 Å². The molecule has 66 valence electrons. The summed E-state index contributed by atoms with van der Waals surface area (Å²) in [6.07, 6.45) is 1.84. The van der Waals surface area contributed by atoms with Gasteiger partial charge in [0.25, 0.3) is 0 Å². The molecular formula is C7H10FN3O. The Morgan fingerprint density at radius 1 is 1.58 bits per heavy atom. The Hall–Kier alpha value is -1.39. The predicted octanol–water partition coefficient (Wildman–Crippen LogP) is 0.797. The molecule has 0 fully saturated rings. The van der Waals surface area contributed by atoms with Gasteiger partial charge >= 0.3 is 6.01 Å². The number of nitrogens with two attached hydrogens (primary N) is 1. The van der Waals surface area contributed by atoms with E-state index >= 15 is 0 Å². The Balaban J connectivity index is 2.41. The highest BCUT2D eigenvalue weighted by molar-refractivity contribution is 5.26. The van der Waals surface area contributed by atoms with Crippen molar-refractivity contribution in [3.63, 3.8) is 0 Å². The summed E-state index contributed by atoms with van der Waals surface area (Å²) >= 11 is 0. The summed E-state index contributed by atoms with van der Waals surface area (Å²) in [6, 6.07) is 1.76. The summed E-state index contributed by atoms with van der Waals surface area (Å²) in [6.45, 7) is -0.123. The highest BCUT2D eigenvalue weighted by Crippen LogP contribution is 2.03. The van der Waals surface area contributed by atoms with Gasteiger partial charge in [0.1, 0.15) is 5.82 Å². The molecule has 4 nitrogen and oxygen atoms in total. The van der Waals surface area contributed by atoms with E-state index in [0.29, 0.717) is 12.2 Å². The summed E-state index contributed by atoms with van der Waals surface area (Å²) in [5, 5.41) is 0. The van der Waals surface area contributed by atoms with Gasteiger partial charge in [-0.1, -0.05) is 0 Å². The number of aromatic nitrogens is 2. The normalized spacial score (nSPS) is 9.75. The molecule has 0 atom stereocenters. The highest BCUT2D eigenvalue weighted by Gasteiger charge is 1.96. The lowest BCUT2D eigenvalue weighted by Crippen LogP contribution is -2.02. The van der Waals surface area contributed by atoms with E-state index in [2.05, 4.69) is 9.97 Å². The third-order valence-corrected chi connectivity index (χ3v) is 1.16. The Morgan fingerprint density at radius 2 is 2.42 bits per heavy atom. The number of alkyl halides is 1. The average molecular weight is 171 g/mol. The molecule has 0 radical (unpaired) electrons. The van der Waals surface area contributed by atoms with Gasteiger partial charge in [-0.3, -0.25) is 4.39 Å². The fourth-order valence-electron chi connectivity index (χ4n) is 0.642. The van der Waals surface area contributed by atoms with Crippen molar-refractivity contribution < 1.29 is 9.13 Å². The van der Waals surface area contributed by atoms with Crippen molar-refractivity contribution in [1.82, 2.24) is 9.97 Å². The van der Waals surface area contributed by atoms with Crippen LogP contribution < -0.4 is 10.5 Å². The number of anilines is 1. The first-order valence-electron chi connectivity index (χ1n) is 3.60. The maximum absolute atomic E-state index is 11.6. The van der Waals surface area contributed by atoms with E-state index < -0.39 is 6.67 Å². The molecule has 0 saturated carbocycles. The molecule has 0 unspecified atom stereocenters. The van der Waals surface area contributed by atoms with Crippen LogP contribution in [-0.2, 0) is 0 Å². The molecule has 1 aromatic rings. The van der Waals surface area contributed by atoms with Gasteiger partial charge in [0, 0.05) is 12.6 Å². The van der Waals surface area contributed by atoms with E-state index in [0.717, 1.165) is 0 Å². The van der Waals surface area contributed by atoms with E-state index in [4.69, 9.17) is 10.5 Å². The Bertz CT molecular complexity index is 244. The summed E-state index contributed by atoms with van der Waals surface area (Å²) in [5.41, 5.74) is 5.36. The number of hydrogen-bond donors (Lipinski definition) is 1. The van der Waals surface area contributed by atoms with Crippen LogP contribution in [0.2, 0.25) is 0 Å². The van der Waals surface area contributed by atoms with E-state index in [1.807, 2.05) is 0 Å². The molecule has 0 aliphatic carbocycles. The minimum Gasteiger partial charge on any atom is -0.463 e. The first-order valence-corrected chi connectivity index (χ1v) is 3.60. The second kappa shape index (κ2) is 4.48. The van der Waals surface area contributed by atoms with Crippen LogP contribution >= 0.6 is 0 Å². The van der Waals surface area contributed by atoms with E-state index in [1.165, 1.54) is 6.20 Å². The Labute approximate surface area is 69.6 Å². The number of halogens is 1. The van der Waals surface area contributed by atoms with Crippen molar-refractivity contribution in [3.05, 3.63) is 12.3 Å². The van der Waals surface area contributed by atoms with Crippen molar-refractivity contribution >= 4 is 5.82 Å². The third kappa shape index (κ3) is 2.69. The molecule has 0 spiro atoms. The summed E-state index contributed by atoms with van der Waals surface area (Å²) in [7, 11) is 0. The molecule has 1 aromatic heterocycles. The molecular weight excluding hydrogens is 161 g/mol. The lowest BCUT2D eigenvalue weighted by Gasteiger charge is -2.01. The fraction of sp³-hybridized carbons (Fsp3) is 0.429. The molecule has 1 heterocycles. The molecule has 12 heavy (non-hydrogen) atoms. The summed E-state index contributed by atoms with van der Waals surface area (Å²) in [4.78, 5) is 7.54. The molecule has 2 N–H and O–H groups in total. The molecule has 0 aliphatic rings. The molecule has 0 aromatic carbocycles. The second-order valence-electron chi connectivity index (χ2n) is 2.16. The van der Waals surface area contributed by atoms with Gasteiger partial charge in [0.15, 0.2) is 0 Å². The predicted molar refractivity (Wildman–Crippen MR) is 42.5 cm³/mol. The third-order valence-electron chi connectivity index (χ3n) is 1.16. The van der Waals surface area contributed by atoms with Gasteiger partial charge < -0.3 is 10.5 Å². The van der Waals surface area contributed by atoms with E-state index in [9.17, 15) is 4.39 Å². The van der Waals surface area contributed by atoms with Crippen molar-refractivity contribution in [2.45, 2.75) is 6.42 Å². The number of ether oxygens (including phenoxy) is 1. The van der Waals surface area contributed by atoms with Crippen LogP contribution in [0.4, 0.5) is 10.2 Å². The van der Waals surface area contributed by atoms with Gasteiger partial charge in [-0.25, -0.2) is 4.98 Å². The monoisotopic (exact) mass is 171 g/mol. The maximum Gasteiger partial charge on any atom is 0.318 e. The van der Waals surface area contributed by atoms with E-state index in [1.54, 1.807) is 6.07 Å². The van der Waals surface area contributed by atoms with Crippen molar-refractivity contribution in [2.75, 3.05) is 19.0 Å². The smallest absolute Gasteiger partial charge is 0.318 e. The zero-order valence-electron chi connectivity index (χ0n) is 6.53. The minimum atomic E-state index is -0.400. The van der Waals surface area contributed by atoms with Crippen LogP contribution in [0.3, 0.4) is 0 Å². The number of rotatable bonds is 4. The zero-order valence-corrected chi connectivity index (χ0v) is 6.53. The molecule has 1 rings (SSSR count). The number of nitrogen functional groups attached to an aromatic ring is 1. The standard InChI is InChI=1S/C7H10FN3O/c8-3-1-5-12-7-10-4-2-6(9)11-7/h2,4H,1,3,5H2,(H2,9,10,11). The topological polar surface area (TPSA) is 61.0 Å². The van der Waals surface area contributed by atoms with Gasteiger partial charge in [-0.05, 0) is 6.07 Å². The quantitative estimate of drug-likeness (QED) is 0.680. The lowest BCUT2D eigenvalue weighted by molar-refractivity contribution is 0.270. The SMILES string of the molecule is Nc1ccnc(OCCCF)n1. The average Bonchev–Trinajstić information content (AvgIpc) is 2.05. The minimum absolute atomic E-state index is 0.198. The molecule has 0 aliphatic heterocycles. The Kier molecular flexibility index (Phi) is 3.25. The first-order chi connectivity index (χ1) is 5.83. The Morgan fingerprint density at radius 3 is 3.08 bits per heavy atom.